The summed E-state index contributed by atoms with van der Waals surface area (Å²) in [6.07, 6.45) is 1.16. The summed E-state index contributed by atoms with van der Waals surface area (Å²) in [5.41, 5.74) is 0. The summed E-state index contributed by atoms with van der Waals surface area (Å²) >= 11 is 0. The highest BCUT2D eigenvalue weighted by Gasteiger charge is 2.56. The predicted octanol–water partition coefficient (Wildman–Crippen LogP) is 0.558. The van der Waals surface area contributed by atoms with Crippen LogP contribution in [0.3, 0.4) is 0 Å². The van der Waals surface area contributed by atoms with Gasteiger partial charge in [0.15, 0.2) is 6.29 Å². The van der Waals surface area contributed by atoms with Gasteiger partial charge in [0.2, 0.25) is 0 Å². The summed E-state index contributed by atoms with van der Waals surface area (Å²) in [7, 11) is -0.300. The van der Waals surface area contributed by atoms with Crippen LogP contribution in [0.1, 0.15) is 13.8 Å². The number of rotatable bonds is 2. The summed E-state index contributed by atoms with van der Waals surface area (Å²) in [6.45, 7) is 4.60. The molecule has 3 fully saturated rings. The van der Waals surface area contributed by atoms with Gasteiger partial charge in [0.25, 0.3) is 0 Å². The fourth-order valence-corrected chi connectivity index (χ4v) is 2.42. The van der Waals surface area contributed by atoms with Gasteiger partial charge < -0.3 is 23.4 Å². The highest BCUT2D eigenvalue weighted by atomic mass is 16.8. The molecule has 0 aromatic carbocycles. The van der Waals surface area contributed by atoms with Gasteiger partial charge in [-0.1, -0.05) is 13.8 Å². The monoisotopic (exact) mass is 226 g/mol. The molecule has 0 unspecified atom stereocenters. The molecule has 3 saturated heterocycles. The summed E-state index contributed by atoms with van der Waals surface area (Å²) in [5.74, 6) is 0. The van der Waals surface area contributed by atoms with Gasteiger partial charge in [0, 0.05) is 0 Å². The van der Waals surface area contributed by atoms with Gasteiger partial charge in [0.05, 0.1) is 6.61 Å². The quantitative estimate of drug-likeness (QED) is 0.643. The van der Waals surface area contributed by atoms with E-state index in [4.69, 9.17) is 23.4 Å². The summed E-state index contributed by atoms with van der Waals surface area (Å²) in [4.78, 5) is 0. The number of hydrogen-bond acceptors (Lipinski definition) is 5. The Bertz CT molecular complexity index is 266. The Balaban J connectivity index is 1.73. The maximum Gasteiger partial charge on any atom is 0.458 e. The van der Waals surface area contributed by atoms with Crippen molar-refractivity contribution in [1.29, 1.82) is 0 Å². The fourth-order valence-electron chi connectivity index (χ4n) is 2.42. The minimum absolute atomic E-state index is 0.0345. The van der Waals surface area contributed by atoms with Gasteiger partial charge in [-0.25, -0.2) is 0 Å². The van der Waals surface area contributed by atoms with Crippen molar-refractivity contribution in [2.75, 3.05) is 6.61 Å². The van der Waals surface area contributed by atoms with Gasteiger partial charge in [-0.2, -0.15) is 0 Å². The second-order valence-corrected chi connectivity index (χ2v) is 4.39. The molecule has 3 rings (SSSR count). The lowest BCUT2D eigenvalue weighted by molar-refractivity contribution is -0.101. The van der Waals surface area contributed by atoms with Crippen LogP contribution in [-0.2, 0) is 23.4 Å². The molecule has 16 heavy (non-hydrogen) atoms. The first-order valence-electron chi connectivity index (χ1n) is 6.05. The van der Waals surface area contributed by atoms with E-state index in [2.05, 4.69) is 0 Å². The molecule has 0 aliphatic carbocycles. The van der Waals surface area contributed by atoms with Crippen LogP contribution in [0.15, 0.2) is 0 Å². The maximum atomic E-state index is 5.77. The first kappa shape index (κ1) is 11.0. The Kier molecular flexibility index (Phi) is 2.97. The van der Waals surface area contributed by atoms with Crippen LogP contribution >= 0.6 is 0 Å². The Hall–Kier alpha value is -0.0701. The van der Waals surface area contributed by atoms with Crippen LogP contribution in [0.5, 0.6) is 0 Å². The highest BCUT2D eigenvalue weighted by Crippen LogP contribution is 2.36. The van der Waals surface area contributed by atoms with Gasteiger partial charge in [-0.05, 0) is 12.6 Å². The first-order chi connectivity index (χ1) is 7.81. The molecule has 0 saturated carbocycles. The fraction of sp³-hybridized carbons (Fsp3) is 1.00. The lowest BCUT2D eigenvalue weighted by Gasteiger charge is -2.21. The summed E-state index contributed by atoms with van der Waals surface area (Å²) in [5, 5.41) is 0. The van der Waals surface area contributed by atoms with E-state index in [0.717, 1.165) is 12.6 Å². The van der Waals surface area contributed by atoms with E-state index in [-0.39, 0.29) is 38.8 Å². The van der Waals surface area contributed by atoms with Crippen molar-refractivity contribution < 1.29 is 23.4 Å². The zero-order valence-corrected chi connectivity index (χ0v) is 9.63. The molecule has 3 aliphatic heterocycles. The second-order valence-electron chi connectivity index (χ2n) is 4.39. The lowest BCUT2D eigenvalue weighted by atomic mass is 9.85. The molecular formula is C9H16B2O5. The normalized spacial score (nSPS) is 42.4. The van der Waals surface area contributed by atoms with Crippen molar-refractivity contribution in [3.63, 3.8) is 0 Å². The van der Waals surface area contributed by atoms with Crippen LogP contribution in [0.25, 0.3) is 0 Å². The van der Waals surface area contributed by atoms with Gasteiger partial charge >= 0.3 is 14.2 Å². The van der Waals surface area contributed by atoms with Crippen molar-refractivity contribution in [3.05, 3.63) is 0 Å². The van der Waals surface area contributed by atoms with Crippen molar-refractivity contribution in [3.8, 4) is 0 Å². The van der Waals surface area contributed by atoms with Crippen LogP contribution in [0, 0.1) is 0 Å². The zero-order chi connectivity index (χ0) is 11.1. The van der Waals surface area contributed by atoms with E-state index < -0.39 is 0 Å². The van der Waals surface area contributed by atoms with Crippen molar-refractivity contribution in [1.82, 2.24) is 0 Å². The molecular weight excluding hydrogens is 210 g/mol. The zero-order valence-electron chi connectivity index (χ0n) is 9.63. The van der Waals surface area contributed by atoms with Crippen LogP contribution in [-0.4, -0.2) is 45.4 Å². The van der Waals surface area contributed by atoms with E-state index in [1.54, 1.807) is 0 Å². The number of hydrogen-bond donors (Lipinski definition) is 0. The van der Waals surface area contributed by atoms with Gasteiger partial charge in [-0.15, -0.1) is 0 Å². The number of ether oxygens (including phenoxy) is 1. The van der Waals surface area contributed by atoms with Gasteiger partial charge in [-0.3, -0.25) is 0 Å². The molecule has 0 spiro atoms. The molecule has 3 aliphatic rings. The van der Waals surface area contributed by atoms with Crippen LogP contribution in [0.4, 0.5) is 0 Å². The smallest absolute Gasteiger partial charge is 0.408 e. The average molecular weight is 226 g/mol. The Labute approximate surface area is 96.0 Å². The maximum absolute atomic E-state index is 5.77. The molecule has 2 bridgehead atoms. The molecule has 0 aromatic rings. The molecule has 4 atom stereocenters. The van der Waals surface area contributed by atoms with E-state index in [1.807, 2.05) is 13.8 Å². The third-order valence-electron chi connectivity index (χ3n) is 3.28. The highest BCUT2D eigenvalue weighted by molar-refractivity contribution is 6.45. The van der Waals surface area contributed by atoms with E-state index in [0.29, 0.717) is 6.61 Å². The third-order valence-corrected chi connectivity index (χ3v) is 3.28. The lowest BCUT2D eigenvalue weighted by Crippen LogP contribution is -2.40. The Morgan fingerprint density at radius 3 is 2.50 bits per heavy atom. The molecule has 0 amide bonds. The minimum atomic E-state index is -0.334. The van der Waals surface area contributed by atoms with E-state index in [9.17, 15) is 0 Å². The third kappa shape index (κ3) is 1.71. The second kappa shape index (κ2) is 4.31. The summed E-state index contributed by atoms with van der Waals surface area (Å²) in [6, 6.07) is 0. The number of fused-ring (bicyclic) bond motifs is 5. The Morgan fingerprint density at radius 2 is 1.75 bits per heavy atom. The van der Waals surface area contributed by atoms with E-state index in [1.165, 1.54) is 0 Å². The molecule has 0 radical (unpaired) electrons. The minimum Gasteiger partial charge on any atom is -0.408 e. The first-order valence-corrected chi connectivity index (χ1v) is 6.05. The molecule has 7 heteroatoms. The van der Waals surface area contributed by atoms with Crippen LogP contribution < -0.4 is 0 Å². The molecule has 0 aromatic heterocycles. The van der Waals surface area contributed by atoms with E-state index >= 15 is 0 Å². The molecule has 5 nitrogen and oxygen atoms in total. The SMILES string of the molecule is CCB1OC[C@H]2O[C@H](O1)[C@H]1OB(CC)O[C@H]12. The summed E-state index contributed by atoms with van der Waals surface area (Å²) < 4.78 is 28.5. The topological polar surface area (TPSA) is 46.2 Å². The molecule has 0 N–H and O–H groups in total. The Morgan fingerprint density at radius 1 is 1.00 bits per heavy atom. The standard InChI is InChI=1S/C9H16B2O5/c1-3-10-12-5-6-7-8(9(13-6)16-10)15-11(4-2)14-7/h6-9H,3-5H2,1-2H3/t6-,7+,8+,9-/m1/s1. The van der Waals surface area contributed by atoms with Crippen molar-refractivity contribution in [2.45, 2.75) is 51.1 Å². The predicted molar refractivity (Wildman–Crippen MR) is 57.9 cm³/mol. The van der Waals surface area contributed by atoms with Gasteiger partial charge in [0.1, 0.15) is 18.3 Å². The molecule has 88 valence electrons. The average Bonchev–Trinajstić information content (AvgIpc) is 2.75. The largest absolute Gasteiger partial charge is 0.458 e. The van der Waals surface area contributed by atoms with Crippen molar-refractivity contribution in [2.24, 2.45) is 0 Å². The van der Waals surface area contributed by atoms with Crippen LogP contribution in [0.2, 0.25) is 12.6 Å². The van der Waals surface area contributed by atoms with Crippen molar-refractivity contribution >= 4 is 14.2 Å². The molecule has 3 heterocycles.